The van der Waals surface area contributed by atoms with Crippen molar-refractivity contribution >= 4 is 55.6 Å². The minimum absolute atomic E-state index is 0.0613. The Morgan fingerprint density at radius 3 is 2.37 bits per heavy atom. The van der Waals surface area contributed by atoms with Gasteiger partial charge in [-0.3, -0.25) is 4.79 Å². The van der Waals surface area contributed by atoms with E-state index >= 15 is 0 Å². The number of hydrogen-bond donors (Lipinski definition) is 1. The average Bonchev–Trinajstić information content (AvgIpc) is 3.22. The molecule has 5 nitrogen and oxygen atoms in total. The summed E-state index contributed by atoms with van der Waals surface area (Å²) in [6, 6.07) is 24.6. The molecule has 0 saturated carbocycles. The molecule has 30 heavy (non-hydrogen) atoms. The highest BCUT2D eigenvalue weighted by Crippen LogP contribution is 2.29. The molecular formula is C22H16BrN3O2S2. The number of ketones is 1. The van der Waals surface area contributed by atoms with Gasteiger partial charge in [0.1, 0.15) is 11.5 Å². The van der Waals surface area contributed by atoms with Crippen LogP contribution >= 0.6 is 39.0 Å². The van der Waals surface area contributed by atoms with Crippen molar-refractivity contribution < 1.29 is 9.53 Å². The standard InChI is InChI=1S/C22H16BrN3O2S2/c23-16-8-6-15(7-9-16)20(27)14-29-22-26-25-21(30-22)24-17-10-12-19(13-11-17)28-18-4-2-1-3-5-18/h1-13H,14H2,(H,24,25). The molecule has 0 bridgehead atoms. The molecule has 0 saturated heterocycles. The Morgan fingerprint density at radius 2 is 1.63 bits per heavy atom. The molecule has 0 spiro atoms. The lowest BCUT2D eigenvalue weighted by Crippen LogP contribution is -2.01. The first-order chi connectivity index (χ1) is 14.7. The van der Waals surface area contributed by atoms with E-state index in [-0.39, 0.29) is 5.78 Å². The van der Waals surface area contributed by atoms with E-state index in [2.05, 4.69) is 31.4 Å². The molecule has 0 aliphatic carbocycles. The third-order valence-corrected chi connectivity index (χ3v) is 6.48. The molecule has 150 valence electrons. The molecular weight excluding hydrogens is 482 g/mol. The first-order valence-electron chi connectivity index (χ1n) is 9.01. The Hall–Kier alpha value is -2.68. The lowest BCUT2D eigenvalue weighted by Gasteiger charge is -2.06. The molecule has 3 aromatic carbocycles. The van der Waals surface area contributed by atoms with Crippen molar-refractivity contribution in [3.63, 3.8) is 0 Å². The number of carbonyl (C=O) groups is 1. The number of hydrogen-bond acceptors (Lipinski definition) is 7. The van der Waals surface area contributed by atoms with Crippen molar-refractivity contribution in [3.05, 3.63) is 88.9 Å². The Bertz CT molecular complexity index is 1120. The maximum absolute atomic E-state index is 12.3. The first-order valence-corrected chi connectivity index (χ1v) is 11.6. The van der Waals surface area contributed by atoms with E-state index in [4.69, 9.17) is 4.74 Å². The predicted molar refractivity (Wildman–Crippen MR) is 125 cm³/mol. The second-order valence-electron chi connectivity index (χ2n) is 6.16. The number of Topliss-reactive ketones (excluding diaryl/α,β-unsaturated/α-hetero) is 1. The summed E-state index contributed by atoms with van der Waals surface area (Å²) in [5.74, 6) is 1.93. The van der Waals surface area contributed by atoms with Gasteiger partial charge in [0.15, 0.2) is 10.1 Å². The molecule has 8 heteroatoms. The molecule has 0 aliphatic heterocycles. The van der Waals surface area contributed by atoms with E-state index in [1.165, 1.54) is 23.1 Å². The summed E-state index contributed by atoms with van der Waals surface area (Å²) < 4.78 is 7.49. The molecule has 0 fully saturated rings. The minimum Gasteiger partial charge on any atom is -0.457 e. The average molecular weight is 498 g/mol. The van der Waals surface area contributed by atoms with Gasteiger partial charge in [0.2, 0.25) is 5.13 Å². The van der Waals surface area contributed by atoms with Gasteiger partial charge in [-0.25, -0.2) is 0 Å². The molecule has 4 aromatic rings. The highest BCUT2D eigenvalue weighted by Gasteiger charge is 2.10. The Morgan fingerprint density at radius 1 is 0.933 bits per heavy atom. The van der Waals surface area contributed by atoms with Crippen LogP contribution in [0.25, 0.3) is 0 Å². The van der Waals surface area contributed by atoms with E-state index < -0.39 is 0 Å². The topological polar surface area (TPSA) is 64.1 Å². The minimum atomic E-state index is 0.0613. The fourth-order valence-electron chi connectivity index (χ4n) is 2.52. The second-order valence-corrected chi connectivity index (χ2v) is 9.27. The molecule has 0 atom stereocenters. The number of thioether (sulfide) groups is 1. The number of ether oxygens (including phenoxy) is 1. The number of halogens is 1. The molecule has 0 unspecified atom stereocenters. The SMILES string of the molecule is O=C(CSc1nnc(Nc2ccc(Oc3ccccc3)cc2)s1)c1ccc(Br)cc1. The second kappa shape index (κ2) is 9.88. The zero-order chi connectivity index (χ0) is 20.8. The van der Waals surface area contributed by atoms with Gasteiger partial charge < -0.3 is 10.1 Å². The highest BCUT2D eigenvalue weighted by atomic mass is 79.9. The van der Waals surface area contributed by atoms with Gasteiger partial charge in [-0.1, -0.05) is 69.4 Å². The summed E-state index contributed by atoms with van der Waals surface area (Å²) in [6.07, 6.45) is 0. The van der Waals surface area contributed by atoms with Gasteiger partial charge in [-0.2, -0.15) is 0 Å². The van der Waals surface area contributed by atoms with Crippen LogP contribution in [-0.2, 0) is 0 Å². The van der Waals surface area contributed by atoms with Gasteiger partial charge in [0.25, 0.3) is 0 Å². The van der Waals surface area contributed by atoms with Crippen LogP contribution in [0.4, 0.5) is 10.8 Å². The third kappa shape index (κ3) is 5.69. The van der Waals surface area contributed by atoms with Crippen molar-refractivity contribution in [3.8, 4) is 11.5 Å². The van der Waals surface area contributed by atoms with Crippen LogP contribution in [0.5, 0.6) is 11.5 Å². The van der Waals surface area contributed by atoms with E-state index in [0.29, 0.717) is 16.4 Å². The van der Waals surface area contributed by atoms with Gasteiger partial charge in [0, 0.05) is 15.7 Å². The molecule has 0 radical (unpaired) electrons. The number of nitrogens with zero attached hydrogens (tertiary/aromatic N) is 2. The first kappa shape index (κ1) is 20.6. The van der Waals surface area contributed by atoms with Gasteiger partial charge in [-0.05, 0) is 48.5 Å². The van der Waals surface area contributed by atoms with Crippen molar-refractivity contribution in [2.45, 2.75) is 4.34 Å². The number of carbonyl (C=O) groups excluding carboxylic acids is 1. The molecule has 0 amide bonds. The smallest absolute Gasteiger partial charge is 0.210 e. The summed E-state index contributed by atoms with van der Waals surface area (Å²) in [5, 5.41) is 12.2. The quantitative estimate of drug-likeness (QED) is 0.213. The third-order valence-electron chi connectivity index (χ3n) is 3.98. The van der Waals surface area contributed by atoms with Crippen LogP contribution in [0.15, 0.2) is 87.7 Å². The Labute approximate surface area is 190 Å². The number of rotatable bonds is 8. The zero-order valence-electron chi connectivity index (χ0n) is 15.6. The van der Waals surface area contributed by atoms with Crippen molar-refractivity contribution in [2.24, 2.45) is 0 Å². The highest BCUT2D eigenvalue weighted by molar-refractivity contribution is 9.10. The molecule has 1 heterocycles. The van der Waals surface area contributed by atoms with Crippen molar-refractivity contribution in [2.75, 3.05) is 11.1 Å². The molecule has 1 N–H and O–H groups in total. The molecule has 4 rings (SSSR count). The fourth-order valence-corrected chi connectivity index (χ4v) is 4.45. The molecule has 0 aliphatic rings. The lowest BCUT2D eigenvalue weighted by molar-refractivity contribution is 0.102. The summed E-state index contributed by atoms with van der Waals surface area (Å²) in [5.41, 5.74) is 1.57. The van der Waals surface area contributed by atoms with Crippen LogP contribution in [0, 0.1) is 0 Å². The number of para-hydroxylation sites is 1. The van der Waals surface area contributed by atoms with Gasteiger partial charge in [0.05, 0.1) is 5.75 Å². The largest absolute Gasteiger partial charge is 0.457 e. The van der Waals surface area contributed by atoms with Gasteiger partial charge in [-0.15, -0.1) is 10.2 Å². The monoisotopic (exact) mass is 497 g/mol. The van der Waals surface area contributed by atoms with Crippen molar-refractivity contribution in [1.29, 1.82) is 0 Å². The number of benzene rings is 3. The zero-order valence-corrected chi connectivity index (χ0v) is 18.8. The fraction of sp³-hybridized carbons (Fsp3) is 0.0455. The summed E-state index contributed by atoms with van der Waals surface area (Å²) in [7, 11) is 0. The summed E-state index contributed by atoms with van der Waals surface area (Å²) in [6.45, 7) is 0. The lowest BCUT2D eigenvalue weighted by atomic mass is 10.2. The van der Waals surface area contributed by atoms with Crippen LogP contribution in [-0.4, -0.2) is 21.7 Å². The van der Waals surface area contributed by atoms with E-state index in [9.17, 15) is 4.79 Å². The Kier molecular flexibility index (Phi) is 6.78. The number of nitrogens with one attached hydrogen (secondary N) is 1. The normalized spacial score (nSPS) is 10.6. The summed E-state index contributed by atoms with van der Waals surface area (Å²) >= 11 is 6.17. The summed E-state index contributed by atoms with van der Waals surface area (Å²) in [4.78, 5) is 12.3. The van der Waals surface area contributed by atoms with Crippen molar-refractivity contribution in [1.82, 2.24) is 10.2 Å². The van der Waals surface area contributed by atoms with E-state index in [0.717, 1.165) is 26.0 Å². The Balaban J connectivity index is 1.30. The molecule has 1 aromatic heterocycles. The predicted octanol–water partition coefficient (Wildman–Crippen LogP) is 6.81. The number of aromatic nitrogens is 2. The van der Waals surface area contributed by atoms with Gasteiger partial charge >= 0.3 is 0 Å². The number of anilines is 2. The van der Waals surface area contributed by atoms with E-state index in [1.807, 2.05) is 78.9 Å². The van der Waals surface area contributed by atoms with Crippen LogP contribution in [0.1, 0.15) is 10.4 Å². The van der Waals surface area contributed by atoms with E-state index in [1.54, 1.807) is 0 Å². The van der Waals surface area contributed by atoms with Crippen LogP contribution in [0.2, 0.25) is 0 Å². The maximum Gasteiger partial charge on any atom is 0.210 e. The van der Waals surface area contributed by atoms with Crippen LogP contribution in [0.3, 0.4) is 0 Å². The maximum atomic E-state index is 12.3. The van der Waals surface area contributed by atoms with Crippen LogP contribution < -0.4 is 10.1 Å².